The molecule has 2 amide bonds. The van der Waals surface area contributed by atoms with Crippen LogP contribution in [0.2, 0.25) is 0 Å². The average Bonchev–Trinajstić information content (AvgIpc) is 3.10. The van der Waals surface area contributed by atoms with E-state index in [1.807, 2.05) is 67.6 Å². The van der Waals surface area contributed by atoms with Crippen LogP contribution < -0.4 is 15.0 Å². The zero-order valence-corrected chi connectivity index (χ0v) is 16.4. The van der Waals surface area contributed by atoms with E-state index >= 15 is 0 Å². The minimum atomic E-state index is -0.243. The molecule has 0 atom stereocenters. The summed E-state index contributed by atoms with van der Waals surface area (Å²) in [6.07, 6.45) is 0. The first-order chi connectivity index (χ1) is 14.1. The van der Waals surface area contributed by atoms with Gasteiger partial charge in [0.15, 0.2) is 0 Å². The highest BCUT2D eigenvalue weighted by Gasteiger charge is 2.32. The predicted octanol–water partition coefficient (Wildman–Crippen LogP) is 4.09. The first kappa shape index (κ1) is 18.7. The SMILES string of the molecule is COc1ccc(N2Cc3cccc(C(=O)NCc4ccc(C)cc4)c3C2=O)cc1. The molecule has 5 nitrogen and oxygen atoms in total. The molecule has 3 aromatic carbocycles. The van der Waals surface area contributed by atoms with Gasteiger partial charge in [-0.15, -0.1) is 0 Å². The Morgan fingerprint density at radius 1 is 1.03 bits per heavy atom. The monoisotopic (exact) mass is 386 g/mol. The van der Waals surface area contributed by atoms with Crippen molar-refractivity contribution in [3.8, 4) is 5.75 Å². The van der Waals surface area contributed by atoms with Crippen LogP contribution in [-0.2, 0) is 13.1 Å². The fourth-order valence-corrected chi connectivity index (χ4v) is 3.50. The molecule has 0 radical (unpaired) electrons. The number of hydrogen-bond donors (Lipinski definition) is 1. The summed E-state index contributed by atoms with van der Waals surface area (Å²) in [7, 11) is 1.60. The van der Waals surface area contributed by atoms with E-state index in [0.29, 0.717) is 24.2 Å². The summed E-state index contributed by atoms with van der Waals surface area (Å²) in [6.45, 7) is 2.88. The fraction of sp³-hybridized carbons (Fsp3) is 0.167. The van der Waals surface area contributed by atoms with E-state index in [1.54, 1.807) is 18.1 Å². The Bertz CT molecular complexity index is 1060. The molecule has 0 spiro atoms. The average molecular weight is 386 g/mol. The third-order valence-electron chi connectivity index (χ3n) is 5.14. The van der Waals surface area contributed by atoms with Gasteiger partial charge in [-0.05, 0) is 48.4 Å². The molecular formula is C24H22N2O3. The van der Waals surface area contributed by atoms with Gasteiger partial charge in [-0.25, -0.2) is 0 Å². The van der Waals surface area contributed by atoms with Gasteiger partial charge >= 0.3 is 0 Å². The molecule has 29 heavy (non-hydrogen) atoms. The van der Waals surface area contributed by atoms with Crippen LogP contribution in [0.4, 0.5) is 5.69 Å². The van der Waals surface area contributed by atoms with E-state index in [-0.39, 0.29) is 11.8 Å². The number of aryl methyl sites for hydroxylation is 1. The van der Waals surface area contributed by atoms with Gasteiger partial charge in [-0.3, -0.25) is 9.59 Å². The quantitative estimate of drug-likeness (QED) is 0.718. The largest absolute Gasteiger partial charge is 0.497 e. The van der Waals surface area contributed by atoms with Crippen molar-refractivity contribution in [3.05, 3.63) is 94.5 Å². The highest BCUT2D eigenvalue weighted by Crippen LogP contribution is 2.31. The Morgan fingerprint density at radius 3 is 2.45 bits per heavy atom. The molecule has 0 unspecified atom stereocenters. The van der Waals surface area contributed by atoms with Gasteiger partial charge in [0.05, 0.1) is 24.8 Å². The second kappa shape index (κ2) is 7.80. The minimum Gasteiger partial charge on any atom is -0.497 e. The fourth-order valence-electron chi connectivity index (χ4n) is 3.50. The number of hydrogen-bond acceptors (Lipinski definition) is 3. The third-order valence-corrected chi connectivity index (χ3v) is 5.14. The Morgan fingerprint density at radius 2 is 1.76 bits per heavy atom. The first-order valence-corrected chi connectivity index (χ1v) is 9.48. The van der Waals surface area contributed by atoms with E-state index < -0.39 is 0 Å². The molecule has 146 valence electrons. The Hall–Kier alpha value is -3.60. The van der Waals surface area contributed by atoms with Gasteiger partial charge in [0, 0.05) is 12.2 Å². The molecule has 0 fully saturated rings. The third kappa shape index (κ3) is 3.72. The van der Waals surface area contributed by atoms with Gasteiger partial charge in [0.1, 0.15) is 5.75 Å². The van der Waals surface area contributed by atoms with Gasteiger partial charge < -0.3 is 15.0 Å². The smallest absolute Gasteiger partial charge is 0.259 e. The number of carbonyl (C=O) groups is 2. The van der Waals surface area contributed by atoms with Crippen LogP contribution in [0, 0.1) is 6.92 Å². The van der Waals surface area contributed by atoms with E-state index in [4.69, 9.17) is 4.74 Å². The zero-order chi connectivity index (χ0) is 20.4. The van der Waals surface area contributed by atoms with Crippen molar-refractivity contribution in [2.75, 3.05) is 12.0 Å². The molecule has 1 heterocycles. The summed E-state index contributed by atoms with van der Waals surface area (Å²) in [5, 5.41) is 2.93. The minimum absolute atomic E-state index is 0.161. The van der Waals surface area contributed by atoms with Gasteiger partial charge in [0.25, 0.3) is 11.8 Å². The van der Waals surface area contributed by atoms with Crippen LogP contribution in [0.1, 0.15) is 37.4 Å². The van der Waals surface area contributed by atoms with Crippen LogP contribution in [0.15, 0.2) is 66.7 Å². The summed E-state index contributed by atoms with van der Waals surface area (Å²) >= 11 is 0. The van der Waals surface area contributed by atoms with Crippen molar-refractivity contribution in [1.29, 1.82) is 0 Å². The predicted molar refractivity (Wildman–Crippen MR) is 112 cm³/mol. The molecule has 1 aliphatic heterocycles. The van der Waals surface area contributed by atoms with Crippen molar-refractivity contribution in [1.82, 2.24) is 5.32 Å². The molecule has 0 aromatic heterocycles. The molecule has 0 saturated heterocycles. The van der Waals surface area contributed by atoms with E-state index in [9.17, 15) is 9.59 Å². The summed E-state index contributed by atoms with van der Waals surface area (Å²) in [4.78, 5) is 27.6. The maximum absolute atomic E-state index is 13.1. The number of amides is 2. The zero-order valence-electron chi connectivity index (χ0n) is 16.4. The number of carbonyl (C=O) groups excluding carboxylic acids is 2. The lowest BCUT2D eigenvalue weighted by atomic mass is 10.0. The molecular weight excluding hydrogens is 364 g/mol. The summed E-state index contributed by atoms with van der Waals surface area (Å²) < 4.78 is 5.18. The first-order valence-electron chi connectivity index (χ1n) is 9.48. The van der Waals surface area contributed by atoms with E-state index in [2.05, 4.69) is 5.32 Å². The van der Waals surface area contributed by atoms with Crippen LogP contribution in [0.3, 0.4) is 0 Å². The second-order valence-electron chi connectivity index (χ2n) is 7.10. The van der Waals surface area contributed by atoms with Crippen LogP contribution in [-0.4, -0.2) is 18.9 Å². The van der Waals surface area contributed by atoms with Gasteiger partial charge in [-0.1, -0.05) is 42.0 Å². The molecule has 5 heteroatoms. The molecule has 0 saturated carbocycles. The van der Waals surface area contributed by atoms with Gasteiger partial charge in [0.2, 0.25) is 0 Å². The molecule has 0 bridgehead atoms. The number of nitrogens with zero attached hydrogens (tertiary/aromatic N) is 1. The number of benzene rings is 3. The van der Waals surface area contributed by atoms with Crippen molar-refractivity contribution in [2.45, 2.75) is 20.0 Å². The number of ether oxygens (including phenoxy) is 1. The lowest BCUT2D eigenvalue weighted by Crippen LogP contribution is -2.27. The lowest BCUT2D eigenvalue weighted by Gasteiger charge is -2.16. The highest BCUT2D eigenvalue weighted by molar-refractivity contribution is 6.16. The second-order valence-corrected chi connectivity index (χ2v) is 7.10. The number of rotatable bonds is 5. The molecule has 3 aromatic rings. The lowest BCUT2D eigenvalue weighted by molar-refractivity contribution is 0.0934. The molecule has 0 aliphatic carbocycles. The Balaban J connectivity index is 1.54. The standard InChI is InChI=1S/C24H22N2O3/c1-16-6-8-17(9-7-16)14-25-23(27)21-5-3-4-18-15-26(24(28)22(18)21)19-10-12-20(29-2)13-11-19/h3-13H,14-15H2,1-2H3,(H,25,27). The van der Waals surface area contributed by atoms with E-state index in [0.717, 1.165) is 22.6 Å². The summed E-state index contributed by atoms with van der Waals surface area (Å²) in [6, 6.07) is 20.8. The van der Waals surface area contributed by atoms with Gasteiger partial charge in [-0.2, -0.15) is 0 Å². The maximum Gasteiger partial charge on any atom is 0.259 e. The van der Waals surface area contributed by atoms with Crippen molar-refractivity contribution < 1.29 is 14.3 Å². The normalized spacial score (nSPS) is 12.6. The van der Waals surface area contributed by atoms with Crippen LogP contribution in [0.5, 0.6) is 5.75 Å². The summed E-state index contributed by atoms with van der Waals surface area (Å²) in [5.41, 5.74) is 4.71. The molecule has 4 rings (SSSR count). The Labute approximate surface area is 169 Å². The van der Waals surface area contributed by atoms with Crippen LogP contribution in [0.25, 0.3) is 0 Å². The van der Waals surface area contributed by atoms with Crippen molar-refractivity contribution in [3.63, 3.8) is 0 Å². The summed E-state index contributed by atoms with van der Waals surface area (Å²) in [5.74, 6) is 0.327. The van der Waals surface area contributed by atoms with E-state index in [1.165, 1.54) is 5.56 Å². The van der Waals surface area contributed by atoms with Crippen LogP contribution >= 0.6 is 0 Å². The van der Waals surface area contributed by atoms with Crippen molar-refractivity contribution >= 4 is 17.5 Å². The number of anilines is 1. The maximum atomic E-state index is 13.1. The highest BCUT2D eigenvalue weighted by atomic mass is 16.5. The number of fused-ring (bicyclic) bond motifs is 1. The number of methoxy groups -OCH3 is 1. The number of nitrogens with one attached hydrogen (secondary N) is 1. The topological polar surface area (TPSA) is 58.6 Å². The van der Waals surface area contributed by atoms with Crippen molar-refractivity contribution in [2.24, 2.45) is 0 Å². The molecule has 1 aliphatic rings. The Kier molecular flexibility index (Phi) is 5.04. The molecule has 1 N–H and O–H groups in total.